The molecule has 1 aliphatic heterocycles. The third-order valence-electron chi connectivity index (χ3n) is 2.88. The number of nitrogens with two attached hydrogens (primary N) is 1. The highest BCUT2D eigenvalue weighted by atomic mass is 79.9. The lowest BCUT2D eigenvalue weighted by Crippen LogP contribution is -2.38. The molecule has 5 heteroatoms. The second kappa shape index (κ2) is 5.40. The van der Waals surface area contributed by atoms with Crippen molar-refractivity contribution in [2.45, 2.75) is 19.3 Å². The minimum absolute atomic E-state index is 0.0454. The molecule has 1 saturated heterocycles. The van der Waals surface area contributed by atoms with Crippen LogP contribution in [0.3, 0.4) is 0 Å². The summed E-state index contributed by atoms with van der Waals surface area (Å²) in [7, 11) is 0. The van der Waals surface area contributed by atoms with Crippen LogP contribution in [0, 0.1) is 0 Å². The smallest absolute Gasteiger partial charge is 0.321 e. The largest absolute Gasteiger partial charge is 0.399 e. The number of hydrogen-bond acceptors (Lipinski definition) is 2. The first-order valence-corrected chi connectivity index (χ1v) is 6.57. The molecule has 0 aliphatic carbocycles. The van der Waals surface area contributed by atoms with Gasteiger partial charge in [0.1, 0.15) is 0 Å². The van der Waals surface area contributed by atoms with Crippen LogP contribution in [0.4, 0.5) is 16.2 Å². The van der Waals surface area contributed by atoms with Crippen LogP contribution in [-0.2, 0) is 0 Å². The number of nitrogens with zero attached hydrogens (tertiary/aromatic N) is 1. The lowest BCUT2D eigenvalue weighted by atomic mass is 10.1. The molecule has 1 aliphatic rings. The van der Waals surface area contributed by atoms with E-state index >= 15 is 0 Å². The van der Waals surface area contributed by atoms with E-state index in [1.54, 1.807) is 12.1 Å². The number of rotatable bonds is 1. The molecule has 0 atom stereocenters. The Hall–Kier alpha value is -1.23. The number of urea groups is 1. The molecule has 1 aromatic rings. The van der Waals surface area contributed by atoms with Crippen molar-refractivity contribution in [1.29, 1.82) is 0 Å². The minimum Gasteiger partial charge on any atom is -0.399 e. The first kappa shape index (κ1) is 12.2. The van der Waals surface area contributed by atoms with Crippen LogP contribution in [0.15, 0.2) is 22.7 Å². The van der Waals surface area contributed by atoms with Gasteiger partial charge in [-0.25, -0.2) is 4.79 Å². The van der Waals surface area contributed by atoms with Crippen LogP contribution in [0.1, 0.15) is 19.3 Å². The van der Waals surface area contributed by atoms with E-state index in [1.165, 1.54) is 6.42 Å². The van der Waals surface area contributed by atoms with Crippen molar-refractivity contribution in [1.82, 2.24) is 4.90 Å². The molecule has 0 saturated carbocycles. The predicted molar refractivity (Wildman–Crippen MR) is 73.0 cm³/mol. The van der Waals surface area contributed by atoms with Crippen LogP contribution in [0.25, 0.3) is 0 Å². The number of nitrogen functional groups attached to an aromatic ring is 1. The number of nitrogens with one attached hydrogen (secondary N) is 1. The summed E-state index contributed by atoms with van der Waals surface area (Å²) in [6, 6.07) is 5.34. The maximum atomic E-state index is 12.0. The standard InChI is InChI=1S/C12H16BrN3O/c13-10-5-4-9(14)8-11(10)15-12(17)16-6-2-1-3-7-16/h4-5,8H,1-3,6-7,14H2,(H,15,17). The van der Waals surface area contributed by atoms with Gasteiger partial charge in [0.15, 0.2) is 0 Å². The Kier molecular flexibility index (Phi) is 3.89. The van der Waals surface area contributed by atoms with Gasteiger partial charge in [-0.3, -0.25) is 0 Å². The molecule has 2 rings (SSSR count). The number of carbonyl (C=O) groups is 1. The maximum Gasteiger partial charge on any atom is 0.321 e. The van der Waals surface area contributed by atoms with Crippen molar-refractivity contribution in [3.05, 3.63) is 22.7 Å². The number of amides is 2. The van der Waals surface area contributed by atoms with E-state index in [0.29, 0.717) is 5.69 Å². The molecule has 1 fully saturated rings. The zero-order valence-corrected chi connectivity index (χ0v) is 11.2. The summed E-state index contributed by atoms with van der Waals surface area (Å²) in [5.74, 6) is 0. The molecular weight excluding hydrogens is 282 g/mol. The molecule has 1 aromatic carbocycles. The number of anilines is 2. The van der Waals surface area contributed by atoms with Gasteiger partial charge in [-0.1, -0.05) is 0 Å². The van der Waals surface area contributed by atoms with Gasteiger partial charge in [0.05, 0.1) is 5.69 Å². The molecule has 0 unspecified atom stereocenters. The Bertz CT molecular complexity index is 416. The Morgan fingerprint density at radius 1 is 1.29 bits per heavy atom. The summed E-state index contributed by atoms with van der Waals surface area (Å²) in [6.07, 6.45) is 3.39. The monoisotopic (exact) mass is 297 g/mol. The van der Waals surface area contributed by atoms with Crippen LogP contribution < -0.4 is 11.1 Å². The van der Waals surface area contributed by atoms with Gasteiger partial charge in [-0.05, 0) is 53.4 Å². The zero-order valence-electron chi connectivity index (χ0n) is 9.58. The fourth-order valence-electron chi connectivity index (χ4n) is 1.93. The van der Waals surface area contributed by atoms with Gasteiger partial charge in [-0.2, -0.15) is 0 Å². The summed E-state index contributed by atoms with van der Waals surface area (Å²) in [6.45, 7) is 1.68. The SMILES string of the molecule is Nc1ccc(Br)c(NC(=O)N2CCCCC2)c1. The van der Waals surface area contributed by atoms with Gasteiger partial charge >= 0.3 is 6.03 Å². The Morgan fingerprint density at radius 3 is 2.71 bits per heavy atom. The summed E-state index contributed by atoms with van der Waals surface area (Å²) < 4.78 is 0.844. The third-order valence-corrected chi connectivity index (χ3v) is 3.57. The van der Waals surface area contributed by atoms with Crippen molar-refractivity contribution in [3.63, 3.8) is 0 Å². The minimum atomic E-state index is -0.0454. The zero-order chi connectivity index (χ0) is 12.3. The average molecular weight is 298 g/mol. The van der Waals surface area contributed by atoms with E-state index in [4.69, 9.17) is 5.73 Å². The molecule has 92 valence electrons. The van der Waals surface area contributed by atoms with E-state index in [-0.39, 0.29) is 6.03 Å². The van der Waals surface area contributed by atoms with Gasteiger partial charge in [0.2, 0.25) is 0 Å². The topological polar surface area (TPSA) is 58.4 Å². The average Bonchev–Trinajstić information content (AvgIpc) is 2.35. The Morgan fingerprint density at radius 2 is 2.00 bits per heavy atom. The highest BCUT2D eigenvalue weighted by molar-refractivity contribution is 9.10. The lowest BCUT2D eigenvalue weighted by molar-refractivity contribution is 0.200. The van der Waals surface area contributed by atoms with E-state index in [2.05, 4.69) is 21.2 Å². The molecule has 2 amide bonds. The van der Waals surface area contributed by atoms with Crippen molar-refractivity contribution in [2.24, 2.45) is 0 Å². The predicted octanol–water partition coefficient (Wildman–Crippen LogP) is 3.05. The summed E-state index contributed by atoms with van der Waals surface area (Å²) in [4.78, 5) is 13.8. The molecule has 0 spiro atoms. The van der Waals surface area contributed by atoms with Crippen LogP contribution in [0.2, 0.25) is 0 Å². The number of hydrogen-bond donors (Lipinski definition) is 2. The number of carbonyl (C=O) groups excluding carboxylic acids is 1. The second-order valence-electron chi connectivity index (χ2n) is 4.22. The number of likely N-dealkylation sites (tertiary alicyclic amines) is 1. The van der Waals surface area contributed by atoms with Crippen molar-refractivity contribution in [3.8, 4) is 0 Å². The van der Waals surface area contributed by atoms with Gasteiger partial charge < -0.3 is 16.0 Å². The van der Waals surface area contributed by atoms with Crippen LogP contribution in [0.5, 0.6) is 0 Å². The van der Waals surface area contributed by atoms with Gasteiger partial charge in [0.25, 0.3) is 0 Å². The van der Waals surface area contributed by atoms with Crippen molar-refractivity contribution >= 4 is 33.3 Å². The fourth-order valence-corrected chi connectivity index (χ4v) is 2.28. The van der Waals surface area contributed by atoms with E-state index in [1.807, 2.05) is 11.0 Å². The molecular formula is C12H16BrN3O. The highest BCUT2D eigenvalue weighted by Gasteiger charge is 2.17. The van der Waals surface area contributed by atoms with Gasteiger partial charge in [0, 0.05) is 23.2 Å². The molecule has 3 N–H and O–H groups in total. The molecule has 4 nitrogen and oxygen atoms in total. The summed E-state index contributed by atoms with van der Waals surface area (Å²) in [5, 5.41) is 2.88. The Balaban J connectivity index is 2.04. The fraction of sp³-hybridized carbons (Fsp3) is 0.417. The molecule has 0 radical (unpaired) electrons. The molecule has 1 heterocycles. The van der Waals surface area contributed by atoms with Crippen LogP contribution in [-0.4, -0.2) is 24.0 Å². The first-order chi connectivity index (χ1) is 8.16. The lowest BCUT2D eigenvalue weighted by Gasteiger charge is -2.27. The molecule has 0 bridgehead atoms. The summed E-state index contributed by atoms with van der Waals surface area (Å²) >= 11 is 3.39. The van der Waals surface area contributed by atoms with E-state index < -0.39 is 0 Å². The van der Waals surface area contributed by atoms with Crippen molar-refractivity contribution < 1.29 is 4.79 Å². The number of halogens is 1. The first-order valence-electron chi connectivity index (χ1n) is 5.78. The second-order valence-corrected chi connectivity index (χ2v) is 5.07. The maximum absolute atomic E-state index is 12.0. The van der Waals surface area contributed by atoms with Crippen LogP contribution >= 0.6 is 15.9 Å². The number of benzene rings is 1. The normalized spacial score (nSPS) is 15.7. The summed E-state index contributed by atoms with van der Waals surface area (Å²) in [5.41, 5.74) is 7.06. The van der Waals surface area contributed by atoms with E-state index in [0.717, 1.165) is 36.1 Å². The van der Waals surface area contributed by atoms with Crippen molar-refractivity contribution in [2.75, 3.05) is 24.1 Å². The molecule has 0 aromatic heterocycles. The molecule has 17 heavy (non-hydrogen) atoms. The highest BCUT2D eigenvalue weighted by Crippen LogP contribution is 2.25. The quantitative estimate of drug-likeness (QED) is 0.783. The van der Waals surface area contributed by atoms with E-state index in [9.17, 15) is 4.79 Å². The van der Waals surface area contributed by atoms with Gasteiger partial charge in [-0.15, -0.1) is 0 Å². The third kappa shape index (κ3) is 3.12. The number of piperidine rings is 1. The Labute approximate surface area is 109 Å².